The van der Waals surface area contributed by atoms with E-state index in [0.29, 0.717) is 0 Å². The second-order valence-corrected chi connectivity index (χ2v) is 0.798. The van der Waals surface area contributed by atoms with Crippen molar-refractivity contribution < 1.29 is 24.1 Å². The molecule has 0 atom stereocenters. The highest BCUT2D eigenvalue weighted by molar-refractivity contribution is 5.60. The molecule has 0 heterocycles. The van der Waals surface area contributed by atoms with Crippen LogP contribution in [0.5, 0.6) is 0 Å². The van der Waals surface area contributed by atoms with E-state index in [1.165, 1.54) is 0 Å². The molecule has 0 N–H and O–H groups in total. The molecule has 52 valence electrons. The summed E-state index contributed by atoms with van der Waals surface area (Å²) in [7, 11) is 0. The summed E-state index contributed by atoms with van der Waals surface area (Å²) >= 11 is 0. The van der Waals surface area contributed by atoms with Crippen molar-refractivity contribution in [3.8, 4) is 0 Å². The van der Waals surface area contributed by atoms with Gasteiger partial charge in [-0.05, 0) is 0 Å². The van der Waals surface area contributed by atoms with Crippen molar-refractivity contribution in [2.24, 2.45) is 10.3 Å². The average Bonchev–Trinajstić information content (AvgIpc) is 1.97. The van der Waals surface area contributed by atoms with Gasteiger partial charge in [0.15, 0.2) is 0 Å². The molecular formula is C3N2O5. The van der Waals surface area contributed by atoms with Crippen molar-refractivity contribution in [2.75, 3.05) is 0 Å². The number of hydrogen-bond donors (Lipinski definition) is 0. The van der Waals surface area contributed by atoms with Crippen LogP contribution in [0.3, 0.4) is 0 Å². The number of isocyanates is 2. The van der Waals surface area contributed by atoms with E-state index in [9.17, 15) is 14.4 Å². The fourth-order valence-electron chi connectivity index (χ4n) is 0.128. The maximum absolute atomic E-state index is 9.97. The van der Waals surface area contributed by atoms with Gasteiger partial charge in [-0.15, -0.1) is 0 Å². The molecule has 0 aliphatic carbocycles. The third-order valence-corrected chi connectivity index (χ3v) is 0.315. The summed E-state index contributed by atoms with van der Waals surface area (Å²) in [6.07, 6.45) is 0.363. The fraction of sp³-hybridized carbons (Fsp3) is 0. The molecule has 0 saturated carbocycles. The summed E-state index contributed by atoms with van der Waals surface area (Å²) in [5.74, 6) is 0. The van der Waals surface area contributed by atoms with E-state index in [-0.39, 0.29) is 0 Å². The number of nitrogens with zero attached hydrogens (tertiary/aromatic N) is 2. The third-order valence-electron chi connectivity index (χ3n) is 0.315. The molecule has 10 heavy (non-hydrogen) atoms. The zero-order chi connectivity index (χ0) is 7.82. The maximum Gasteiger partial charge on any atom is 0.563 e. The lowest BCUT2D eigenvalue weighted by molar-refractivity contribution is 0.0594. The monoisotopic (exact) mass is 144 g/mol. The minimum atomic E-state index is -1.41. The Bertz CT molecular complexity index is 189. The Kier molecular flexibility index (Phi) is 4.15. The summed E-state index contributed by atoms with van der Waals surface area (Å²) in [5, 5.41) is 4.71. The van der Waals surface area contributed by atoms with E-state index < -0.39 is 6.16 Å². The van der Waals surface area contributed by atoms with Crippen LogP contribution in [-0.4, -0.2) is 18.3 Å². The largest absolute Gasteiger partial charge is 0.563 e. The second kappa shape index (κ2) is 5.17. The van der Waals surface area contributed by atoms with Crippen LogP contribution < -0.4 is 0 Å². The summed E-state index contributed by atoms with van der Waals surface area (Å²) in [6, 6.07) is 0. The van der Waals surface area contributed by atoms with Crippen LogP contribution >= 0.6 is 0 Å². The van der Waals surface area contributed by atoms with Gasteiger partial charge in [0.2, 0.25) is 0 Å². The first-order valence-corrected chi connectivity index (χ1v) is 1.83. The van der Waals surface area contributed by atoms with Crippen LogP contribution in [0.25, 0.3) is 0 Å². The highest BCUT2D eigenvalue weighted by Gasteiger charge is 2.00. The van der Waals surface area contributed by atoms with Crippen LogP contribution in [-0.2, 0) is 19.3 Å². The number of carbonyl (C=O) groups is 1. The van der Waals surface area contributed by atoms with E-state index in [4.69, 9.17) is 0 Å². The van der Waals surface area contributed by atoms with Crippen molar-refractivity contribution in [3.63, 3.8) is 0 Å². The predicted octanol–water partition coefficient (Wildman–Crippen LogP) is -0.359. The van der Waals surface area contributed by atoms with Gasteiger partial charge in [0.1, 0.15) is 0 Å². The SMILES string of the molecule is O=C=NOC(=O)ON=C=O. The smallest absolute Gasteiger partial charge is 0.269 e. The first-order chi connectivity index (χ1) is 4.81. The molecule has 7 nitrogen and oxygen atoms in total. The van der Waals surface area contributed by atoms with E-state index in [1.54, 1.807) is 0 Å². The molecule has 0 bridgehead atoms. The Hall–Kier alpha value is -1.97. The first kappa shape index (κ1) is 8.03. The van der Waals surface area contributed by atoms with Gasteiger partial charge in [-0.1, -0.05) is 0 Å². The minimum Gasteiger partial charge on any atom is -0.269 e. The van der Waals surface area contributed by atoms with Gasteiger partial charge >= 0.3 is 6.16 Å². The van der Waals surface area contributed by atoms with E-state index >= 15 is 0 Å². The lowest BCUT2D eigenvalue weighted by Crippen LogP contribution is -1.97. The molecule has 0 aromatic heterocycles. The summed E-state index contributed by atoms with van der Waals surface area (Å²) in [5.41, 5.74) is 0. The van der Waals surface area contributed by atoms with Gasteiger partial charge in [-0.25, -0.2) is 9.59 Å². The normalized spacial score (nSPS) is 6.40. The molecule has 0 aliphatic heterocycles. The van der Waals surface area contributed by atoms with Gasteiger partial charge in [0.05, 0.1) is 0 Å². The Morgan fingerprint density at radius 1 is 1.10 bits per heavy atom. The molecule has 0 spiro atoms. The molecule has 0 fully saturated rings. The molecule has 0 amide bonds. The van der Waals surface area contributed by atoms with Gasteiger partial charge < -0.3 is 0 Å². The van der Waals surface area contributed by atoms with Crippen molar-refractivity contribution >= 4 is 18.3 Å². The molecule has 7 heteroatoms. The second-order valence-electron chi connectivity index (χ2n) is 0.798. The number of hydrogen-bond acceptors (Lipinski definition) is 7. The lowest BCUT2D eigenvalue weighted by Gasteiger charge is -1.85. The quantitative estimate of drug-likeness (QED) is 0.228. The van der Waals surface area contributed by atoms with Crippen molar-refractivity contribution in [1.29, 1.82) is 0 Å². The van der Waals surface area contributed by atoms with Crippen LogP contribution in [0.2, 0.25) is 0 Å². The molecule has 0 unspecified atom stereocenters. The zero-order valence-corrected chi connectivity index (χ0v) is 4.44. The molecular weight excluding hydrogens is 144 g/mol. The van der Waals surface area contributed by atoms with Crippen LogP contribution in [0.4, 0.5) is 4.79 Å². The lowest BCUT2D eigenvalue weighted by atomic mass is 11.4. The van der Waals surface area contributed by atoms with Gasteiger partial charge in [-0.2, -0.15) is 4.79 Å². The van der Waals surface area contributed by atoms with Gasteiger partial charge in [0.25, 0.3) is 12.2 Å². The van der Waals surface area contributed by atoms with Crippen molar-refractivity contribution in [2.45, 2.75) is 0 Å². The highest BCUT2D eigenvalue weighted by Crippen LogP contribution is 1.83. The van der Waals surface area contributed by atoms with Crippen LogP contribution in [0, 0.1) is 0 Å². The van der Waals surface area contributed by atoms with Gasteiger partial charge in [-0.3, -0.25) is 9.68 Å². The topological polar surface area (TPSA) is 94.4 Å². The third kappa shape index (κ3) is 4.20. The molecule has 0 radical (unpaired) electrons. The average molecular weight is 144 g/mol. The zero-order valence-electron chi connectivity index (χ0n) is 4.44. The molecule has 0 aromatic carbocycles. The van der Waals surface area contributed by atoms with E-state index in [1.807, 2.05) is 0 Å². The van der Waals surface area contributed by atoms with Gasteiger partial charge in [0, 0.05) is 10.3 Å². The Morgan fingerprint density at radius 3 is 1.80 bits per heavy atom. The molecule has 0 rings (SSSR count). The molecule has 0 aromatic rings. The van der Waals surface area contributed by atoms with Crippen LogP contribution in [0.15, 0.2) is 10.3 Å². The Balaban J connectivity index is 3.63. The Morgan fingerprint density at radius 2 is 1.50 bits per heavy atom. The predicted molar refractivity (Wildman–Crippen MR) is 23.8 cm³/mol. The van der Waals surface area contributed by atoms with Crippen molar-refractivity contribution in [3.05, 3.63) is 0 Å². The van der Waals surface area contributed by atoms with E-state index in [2.05, 4.69) is 20.0 Å². The van der Waals surface area contributed by atoms with E-state index in [0.717, 1.165) is 12.2 Å². The minimum absolute atomic E-state index is 0.887. The highest BCUT2D eigenvalue weighted by atomic mass is 16.8. The molecule has 0 aliphatic rings. The van der Waals surface area contributed by atoms with Crippen LogP contribution in [0.1, 0.15) is 0 Å². The number of rotatable bonds is 2. The summed E-state index contributed by atoms with van der Waals surface area (Å²) < 4.78 is 0. The Labute approximate surface area is 53.9 Å². The van der Waals surface area contributed by atoms with Crippen molar-refractivity contribution in [1.82, 2.24) is 0 Å². The first-order valence-electron chi connectivity index (χ1n) is 1.83. The standard InChI is InChI=1S/C3N2O5/c6-1-4-9-3(8)10-5-2-7. The summed E-state index contributed by atoms with van der Waals surface area (Å²) in [6.45, 7) is 0. The maximum atomic E-state index is 9.97. The fourth-order valence-corrected chi connectivity index (χ4v) is 0.128. The summed E-state index contributed by atoms with van der Waals surface area (Å²) in [4.78, 5) is 35.6. The molecule has 0 saturated heterocycles. The number of carbonyl (C=O) groups excluding carboxylic acids is 3.